The third-order valence-electron chi connectivity index (χ3n) is 12.7. The van der Waals surface area contributed by atoms with Gasteiger partial charge in [0.05, 0.1) is 77.7 Å². The van der Waals surface area contributed by atoms with E-state index in [1.165, 1.54) is 24.3 Å². The van der Waals surface area contributed by atoms with Gasteiger partial charge in [-0.15, -0.1) is 0 Å². The Labute approximate surface area is 414 Å². The van der Waals surface area contributed by atoms with Gasteiger partial charge in [-0.3, -0.25) is 23.8 Å². The molecule has 0 radical (unpaired) electrons. The number of hydrogen-bond donors (Lipinski definition) is 3. The van der Waals surface area contributed by atoms with Gasteiger partial charge in [-0.05, 0) is 88.8 Å². The van der Waals surface area contributed by atoms with Crippen LogP contribution in [0.4, 0.5) is 23.0 Å². The van der Waals surface area contributed by atoms with Crippen molar-refractivity contribution in [1.29, 1.82) is 0 Å². The fourth-order valence-electron chi connectivity index (χ4n) is 9.40. The van der Waals surface area contributed by atoms with Crippen LogP contribution in [0, 0.1) is 13.8 Å². The molecule has 4 saturated heterocycles. The van der Waals surface area contributed by atoms with Gasteiger partial charge >= 0.3 is 0 Å². The van der Waals surface area contributed by atoms with Crippen LogP contribution in [-0.4, -0.2) is 136 Å². The standard InChI is InChI=1S/C23H27ClN6O4S.C23H25ClN6O4S/c2*1-14-11-30-21(25-22(14)28-12-16(31)13-28)10-19(26-30)20-5-3-4-8-29(20)23(32)17-9-15(24)6-7-18(17)27-35(2,33)34/h6-7,9-11,16,20,27,31H,3-5,8,12-13H2,1-2H3;6-7,9-11,20,27H,3-5,8,12-13H2,1-2H3/t2*20-/m00/s1. The number of carbonyl (C=O) groups is 3. The lowest BCUT2D eigenvalue weighted by Crippen LogP contribution is -2.51. The molecule has 0 saturated carbocycles. The summed E-state index contributed by atoms with van der Waals surface area (Å²) in [5.74, 6) is 1.14. The van der Waals surface area contributed by atoms with Crippen molar-refractivity contribution in [2.45, 2.75) is 70.6 Å². The number of likely N-dealkylation sites (tertiary alicyclic amines) is 2. The number of sulfonamides is 2. The number of aliphatic hydroxyl groups is 1. The number of aromatic nitrogens is 6. The molecular weight excluding hydrogens is 984 g/mol. The number of nitrogens with zero attached hydrogens (tertiary/aromatic N) is 10. The first kappa shape index (κ1) is 48.9. The van der Waals surface area contributed by atoms with Gasteiger partial charge in [0.25, 0.3) is 11.8 Å². The fraction of sp³-hybridized carbons (Fsp3) is 0.413. The maximum absolute atomic E-state index is 13.7. The number of fused-ring (bicyclic) bond motifs is 2. The lowest BCUT2D eigenvalue weighted by atomic mass is 9.98. The largest absolute Gasteiger partial charge is 0.389 e. The Morgan fingerprint density at radius 2 is 1.09 bits per heavy atom. The van der Waals surface area contributed by atoms with Gasteiger partial charge in [0.2, 0.25) is 20.0 Å². The van der Waals surface area contributed by atoms with Crippen LogP contribution in [0.1, 0.15) is 93.8 Å². The van der Waals surface area contributed by atoms with Crippen molar-refractivity contribution in [2.24, 2.45) is 0 Å². The Morgan fingerprint density at radius 3 is 1.49 bits per heavy atom. The molecule has 4 aliphatic rings. The molecule has 70 heavy (non-hydrogen) atoms. The van der Waals surface area contributed by atoms with Crippen LogP contribution in [0.5, 0.6) is 0 Å². The van der Waals surface area contributed by atoms with E-state index in [1.807, 2.05) is 48.2 Å². The van der Waals surface area contributed by atoms with Crippen LogP contribution >= 0.6 is 23.2 Å². The molecule has 370 valence electrons. The van der Waals surface area contributed by atoms with Gasteiger partial charge in [-0.2, -0.15) is 10.2 Å². The summed E-state index contributed by atoms with van der Waals surface area (Å²) in [6, 6.07) is 12.2. The number of halogens is 2. The number of aryl methyl sites for hydroxylation is 2. The predicted molar refractivity (Wildman–Crippen MR) is 266 cm³/mol. The highest BCUT2D eigenvalue weighted by Crippen LogP contribution is 2.37. The first-order chi connectivity index (χ1) is 33.2. The SMILES string of the molecule is Cc1cn2nc([C@@H]3CCCCN3C(=O)c3cc(Cl)ccc3NS(C)(=O)=O)cc2nc1N1CC(=O)C1.Cc1cn2nc([C@@H]3CCCCN3C(=O)c3cc(Cl)ccc3NS(C)(=O)=O)cc2nc1N1CC(O)C1. The molecule has 0 aliphatic carbocycles. The van der Waals surface area contributed by atoms with E-state index in [2.05, 4.69) is 9.44 Å². The van der Waals surface area contributed by atoms with Crippen LogP contribution in [-0.2, 0) is 24.8 Å². The number of benzene rings is 2. The van der Waals surface area contributed by atoms with Crippen LogP contribution < -0.4 is 19.2 Å². The van der Waals surface area contributed by atoms with Crippen LogP contribution in [0.3, 0.4) is 0 Å². The molecule has 0 bridgehead atoms. The number of Topliss-reactive ketones (excluding diaryl/α,β-unsaturated/α-hetero) is 1. The zero-order valence-corrected chi connectivity index (χ0v) is 42.0. The average molecular weight is 1040 g/mol. The van der Waals surface area contributed by atoms with Crippen molar-refractivity contribution in [3.8, 4) is 0 Å². The summed E-state index contributed by atoms with van der Waals surface area (Å²) in [5.41, 5.74) is 5.38. The smallest absolute Gasteiger partial charge is 0.256 e. The van der Waals surface area contributed by atoms with Crippen molar-refractivity contribution < 1.29 is 36.3 Å². The minimum absolute atomic E-state index is 0.183. The molecule has 24 heteroatoms. The first-order valence-corrected chi connectivity index (χ1v) is 27.3. The third-order valence-corrected chi connectivity index (χ3v) is 14.3. The molecule has 4 aromatic heterocycles. The number of ketones is 1. The minimum Gasteiger partial charge on any atom is -0.389 e. The van der Waals surface area contributed by atoms with Gasteiger partial charge in [0, 0.05) is 71.9 Å². The summed E-state index contributed by atoms with van der Waals surface area (Å²) in [5, 5.41) is 19.8. The van der Waals surface area contributed by atoms with E-state index >= 15 is 0 Å². The predicted octanol–water partition coefficient (Wildman–Crippen LogP) is 5.43. The van der Waals surface area contributed by atoms with E-state index < -0.39 is 20.0 Å². The number of piperidine rings is 2. The molecule has 10 rings (SSSR count). The lowest BCUT2D eigenvalue weighted by Gasteiger charge is -2.37. The van der Waals surface area contributed by atoms with Crippen LogP contribution in [0.15, 0.2) is 60.9 Å². The molecule has 4 fully saturated rings. The average Bonchev–Trinajstić information content (AvgIpc) is 3.90. The minimum atomic E-state index is -3.59. The molecule has 4 aliphatic heterocycles. The van der Waals surface area contributed by atoms with Gasteiger partial charge in [0.15, 0.2) is 17.1 Å². The number of β-amino-alcohol motifs (C(OH)–C–C–N with tert-alkyl or cyclic N) is 1. The third kappa shape index (κ3) is 10.5. The number of carbonyl (C=O) groups excluding carboxylic acids is 3. The molecule has 2 atom stereocenters. The highest BCUT2D eigenvalue weighted by molar-refractivity contribution is 7.92. The summed E-state index contributed by atoms with van der Waals surface area (Å²) in [6.07, 6.45) is 10.5. The number of amides is 2. The van der Waals surface area contributed by atoms with E-state index in [1.54, 1.807) is 31.0 Å². The Hall–Kier alpha value is -6.07. The molecule has 6 aromatic rings. The van der Waals surface area contributed by atoms with Gasteiger partial charge in [-0.1, -0.05) is 23.2 Å². The van der Waals surface area contributed by atoms with Crippen LogP contribution in [0.25, 0.3) is 11.3 Å². The Kier molecular flexibility index (Phi) is 13.5. The lowest BCUT2D eigenvalue weighted by molar-refractivity contribution is -0.119. The second kappa shape index (κ2) is 19.3. The van der Waals surface area contributed by atoms with Crippen molar-refractivity contribution in [3.63, 3.8) is 0 Å². The summed E-state index contributed by atoms with van der Waals surface area (Å²) in [7, 11) is -7.17. The zero-order valence-electron chi connectivity index (χ0n) is 38.8. The summed E-state index contributed by atoms with van der Waals surface area (Å²) >= 11 is 12.3. The second-order valence-electron chi connectivity index (χ2n) is 18.3. The monoisotopic (exact) mass is 1030 g/mol. The van der Waals surface area contributed by atoms with E-state index in [4.69, 9.17) is 43.4 Å². The van der Waals surface area contributed by atoms with Crippen LogP contribution in [0.2, 0.25) is 10.0 Å². The normalized spacial score (nSPS) is 18.9. The summed E-state index contributed by atoms with van der Waals surface area (Å²) in [6.45, 7) is 6.75. The first-order valence-electron chi connectivity index (χ1n) is 22.8. The van der Waals surface area contributed by atoms with E-state index in [0.717, 1.165) is 79.5 Å². The number of rotatable bonds is 10. The number of nitrogens with one attached hydrogen (secondary N) is 2. The maximum Gasteiger partial charge on any atom is 0.256 e. The van der Waals surface area contributed by atoms with Gasteiger partial charge in [0.1, 0.15) is 11.6 Å². The Balaban J connectivity index is 0.000000174. The molecule has 20 nitrogen and oxygen atoms in total. The zero-order chi connectivity index (χ0) is 49.8. The molecule has 2 amide bonds. The molecule has 3 N–H and O–H groups in total. The van der Waals surface area contributed by atoms with Crippen molar-refractivity contribution in [2.75, 3.05) is 71.0 Å². The Bertz CT molecular complexity index is 3280. The molecule has 0 unspecified atom stereocenters. The molecular formula is C46H52Cl2N12O8S2. The number of aliphatic hydroxyl groups excluding tert-OH is 1. The molecule has 2 aromatic carbocycles. The second-order valence-corrected chi connectivity index (χ2v) is 22.7. The molecule has 0 spiro atoms. The topological polar surface area (TPSA) is 237 Å². The number of anilines is 4. The highest BCUT2D eigenvalue weighted by atomic mass is 35.5. The number of hydrogen-bond acceptors (Lipinski definition) is 14. The Morgan fingerprint density at radius 1 is 0.657 bits per heavy atom. The van der Waals surface area contributed by atoms with Crippen molar-refractivity contribution >= 4 is 95.2 Å². The summed E-state index contributed by atoms with van der Waals surface area (Å²) in [4.78, 5) is 55.7. The van der Waals surface area contributed by atoms with Gasteiger partial charge < -0.3 is 24.7 Å². The van der Waals surface area contributed by atoms with Gasteiger partial charge in [-0.25, -0.2) is 35.8 Å². The summed E-state index contributed by atoms with van der Waals surface area (Å²) < 4.78 is 55.7. The highest BCUT2D eigenvalue weighted by Gasteiger charge is 2.35. The maximum atomic E-state index is 13.7. The van der Waals surface area contributed by atoms with Crippen molar-refractivity contribution in [1.82, 2.24) is 39.0 Å². The van der Waals surface area contributed by atoms with E-state index in [9.17, 15) is 36.3 Å². The fourth-order valence-corrected chi connectivity index (χ4v) is 10.9. The van der Waals surface area contributed by atoms with E-state index in [-0.39, 0.29) is 58.3 Å². The quantitative estimate of drug-likeness (QED) is 0.155. The van der Waals surface area contributed by atoms with Crippen molar-refractivity contribution in [3.05, 3.63) is 105 Å². The molecule has 8 heterocycles. The van der Waals surface area contributed by atoms with E-state index in [0.29, 0.717) is 66.3 Å².